The topological polar surface area (TPSA) is 38.0 Å². The SMILES string of the molecule is CC#CCC(Cc1ccc(F)c(F)c1)NN. The predicted molar refractivity (Wildman–Crippen MR) is 59.2 cm³/mol. The lowest BCUT2D eigenvalue weighted by molar-refractivity contribution is 0.501. The van der Waals surface area contributed by atoms with E-state index in [2.05, 4.69) is 17.3 Å². The van der Waals surface area contributed by atoms with E-state index >= 15 is 0 Å². The number of benzene rings is 1. The minimum absolute atomic E-state index is 0.0580. The third-order valence-electron chi connectivity index (χ3n) is 2.23. The normalized spacial score (nSPS) is 11.8. The van der Waals surface area contributed by atoms with Crippen LogP contribution in [0.15, 0.2) is 18.2 Å². The van der Waals surface area contributed by atoms with Crippen LogP contribution in [-0.2, 0) is 6.42 Å². The van der Waals surface area contributed by atoms with Gasteiger partial charge in [0.2, 0.25) is 0 Å². The van der Waals surface area contributed by atoms with Crippen molar-refractivity contribution in [1.29, 1.82) is 0 Å². The molecule has 1 atom stereocenters. The van der Waals surface area contributed by atoms with E-state index in [1.54, 1.807) is 13.0 Å². The van der Waals surface area contributed by atoms with E-state index in [1.807, 2.05) is 0 Å². The highest BCUT2D eigenvalue weighted by Crippen LogP contribution is 2.11. The molecule has 0 heterocycles. The molecular weight excluding hydrogens is 210 g/mol. The van der Waals surface area contributed by atoms with E-state index < -0.39 is 11.6 Å². The van der Waals surface area contributed by atoms with Gasteiger partial charge in [0, 0.05) is 12.5 Å². The Morgan fingerprint density at radius 1 is 1.38 bits per heavy atom. The molecule has 0 aromatic heterocycles. The van der Waals surface area contributed by atoms with Gasteiger partial charge < -0.3 is 0 Å². The van der Waals surface area contributed by atoms with Crippen LogP contribution in [0.3, 0.4) is 0 Å². The van der Waals surface area contributed by atoms with Crippen molar-refractivity contribution in [3.63, 3.8) is 0 Å². The summed E-state index contributed by atoms with van der Waals surface area (Å²) in [5, 5.41) is 0. The van der Waals surface area contributed by atoms with Gasteiger partial charge in [-0.15, -0.1) is 11.8 Å². The first-order valence-electron chi connectivity index (χ1n) is 4.97. The van der Waals surface area contributed by atoms with Gasteiger partial charge in [-0.3, -0.25) is 11.3 Å². The Kier molecular flexibility index (Phi) is 4.90. The maximum Gasteiger partial charge on any atom is 0.159 e. The van der Waals surface area contributed by atoms with E-state index in [1.165, 1.54) is 6.07 Å². The number of hydrogen-bond donors (Lipinski definition) is 2. The summed E-state index contributed by atoms with van der Waals surface area (Å²) in [4.78, 5) is 0. The summed E-state index contributed by atoms with van der Waals surface area (Å²) in [5.74, 6) is 9.31. The summed E-state index contributed by atoms with van der Waals surface area (Å²) >= 11 is 0. The molecule has 1 unspecified atom stereocenters. The maximum absolute atomic E-state index is 12.9. The van der Waals surface area contributed by atoms with Crippen LogP contribution in [-0.4, -0.2) is 6.04 Å². The molecule has 16 heavy (non-hydrogen) atoms. The van der Waals surface area contributed by atoms with Gasteiger partial charge in [-0.2, -0.15) is 0 Å². The average molecular weight is 224 g/mol. The molecule has 0 fully saturated rings. The van der Waals surface area contributed by atoms with E-state index in [-0.39, 0.29) is 6.04 Å². The minimum Gasteiger partial charge on any atom is -0.271 e. The smallest absolute Gasteiger partial charge is 0.159 e. The zero-order valence-electron chi connectivity index (χ0n) is 9.06. The highest BCUT2D eigenvalue weighted by atomic mass is 19.2. The van der Waals surface area contributed by atoms with Crippen LogP contribution >= 0.6 is 0 Å². The van der Waals surface area contributed by atoms with Crippen molar-refractivity contribution in [2.24, 2.45) is 5.84 Å². The fourth-order valence-corrected chi connectivity index (χ4v) is 1.37. The van der Waals surface area contributed by atoms with Crippen molar-refractivity contribution in [3.05, 3.63) is 35.4 Å². The summed E-state index contributed by atoms with van der Waals surface area (Å²) in [7, 11) is 0. The number of rotatable bonds is 4. The minimum atomic E-state index is -0.839. The quantitative estimate of drug-likeness (QED) is 0.464. The van der Waals surface area contributed by atoms with E-state index in [4.69, 9.17) is 5.84 Å². The van der Waals surface area contributed by atoms with Crippen molar-refractivity contribution in [1.82, 2.24) is 5.43 Å². The summed E-state index contributed by atoms with van der Waals surface area (Å²) in [6.45, 7) is 1.74. The molecule has 2 nitrogen and oxygen atoms in total. The molecular formula is C12H14F2N2. The van der Waals surface area contributed by atoms with Gasteiger partial charge in [0.05, 0.1) is 0 Å². The molecule has 0 aliphatic carbocycles. The average Bonchev–Trinajstić information content (AvgIpc) is 2.29. The molecule has 1 rings (SSSR count). The highest BCUT2D eigenvalue weighted by molar-refractivity contribution is 5.19. The first-order valence-corrected chi connectivity index (χ1v) is 4.97. The maximum atomic E-state index is 12.9. The van der Waals surface area contributed by atoms with Gasteiger partial charge in [0.1, 0.15) is 0 Å². The second kappa shape index (κ2) is 6.21. The van der Waals surface area contributed by atoms with E-state index in [0.717, 1.165) is 6.07 Å². The molecule has 1 aromatic rings. The molecule has 0 saturated heterocycles. The van der Waals surface area contributed by atoms with Crippen molar-refractivity contribution >= 4 is 0 Å². The number of hydrazine groups is 1. The summed E-state index contributed by atoms with van der Waals surface area (Å²) < 4.78 is 25.6. The van der Waals surface area contributed by atoms with Crippen LogP contribution in [0, 0.1) is 23.5 Å². The van der Waals surface area contributed by atoms with E-state index in [0.29, 0.717) is 18.4 Å². The lowest BCUT2D eigenvalue weighted by Crippen LogP contribution is -2.36. The standard InChI is InChI=1S/C12H14F2N2/c1-2-3-4-10(16-15)7-9-5-6-11(13)12(14)8-9/h5-6,8,10,16H,4,7,15H2,1H3. The molecule has 0 aliphatic rings. The first kappa shape index (κ1) is 12.6. The van der Waals surface area contributed by atoms with E-state index in [9.17, 15) is 8.78 Å². The molecule has 0 bridgehead atoms. The first-order chi connectivity index (χ1) is 7.67. The molecule has 3 N–H and O–H groups in total. The van der Waals surface area contributed by atoms with Crippen LogP contribution in [0.5, 0.6) is 0 Å². The van der Waals surface area contributed by atoms with Crippen LogP contribution in [0.25, 0.3) is 0 Å². The molecule has 0 spiro atoms. The fraction of sp³-hybridized carbons (Fsp3) is 0.333. The van der Waals surface area contributed by atoms with Crippen molar-refractivity contribution in [2.45, 2.75) is 25.8 Å². The Morgan fingerprint density at radius 3 is 2.69 bits per heavy atom. The summed E-state index contributed by atoms with van der Waals surface area (Å²) in [6.07, 6.45) is 1.09. The van der Waals surface area contributed by atoms with Gasteiger partial charge in [0.15, 0.2) is 11.6 Å². The molecule has 0 saturated carbocycles. The van der Waals surface area contributed by atoms with Gasteiger partial charge in [-0.05, 0) is 31.0 Å². The van der Waals surface area contributed by atoms with Gasteiger partial charge in [0.25, 0.3) is 0 Å². The Hall–Kier alpha value is -1.44. The van der Waals surface area contributed by atoms with Crippen LogP contribution < -0.4 is 11.3 Å². The number of hydrogen-bond acceptors (Lipinski definition) is 2. The second-order valence-electron chi connectivity index (χ2n) is 3.45. The zero-order valence-corrected chi connectivity index (χ0v) is 9.06. The molecule has 86 valence electrons. The van der Waals surface area contributed by atoms with Gasteiger partial charge in [-0.25, -0.2) is 8.78 Å². The Morgan fingerprint density at radius 2 is 2.12 bits per heavy atom. The van der Waals surface area contributed by atoms with Gasteiger partial charge >= 0.3 is 0 Å². The Balaban J connectivity index is 2.69. The van der Waals surface area contributed by atoms with Crippen LogP contribution in [0.4, 0.5) is 8.78 Å². The van der Waals surface area contributed by atoms with Crippen LogP contribution in [0.1, 0.15) is 18.9 Å². The lowest BCUT2D eigenvalue weighted by Gasteiger charge is -2.12. The largest absolute Gasteiger partial charge is 0.271 e. The molecule has 0 radical (unpaired) electrons. The summed E-state index contributed by atoms with van der Waals surface area (Å²) in [5.41, 5.74) is 3.29. The molecule has 1 aromatic carbocycles. The summed E-state index contributed by atoms with van der Waals surface area (Å²) in [6, 6.07) is 3.78. The lowest BCUT2D eigenvalue weighted by atomic mass is 10.0. The van der Waals surface area contributed by atoms with Crippen molar-refractivity contribution < 1.29 is 8.78 Å². The fourth-order valence-electron chi connectivity index (χ4n) is 1.37. The molecule has 0 aliphatic heterocycles. The van der Waals surface area contributed by atoms with Crippen LogP contribution in [0.2, 0.25) is 0 Å². The number of halogens is 2. The molecule has 0 amide bonds. The Bertz CT molecular complexity index is 407. The highest BCUT2D eigenvalue weighted by Gasteiger charge is 2.08. The van der Waals surface area contributed by atoms with Crippen molar-refractivity contribution in [3.8, 4) is 11.8 Å². The molecule has 4 heteroatoms. The third-order valence-corrected chi connectivity index (χ3v) is 2.23. The van der Waals surface area contributed by atoms with Gasteiger partial charge in [-0.1, -0.05) is 6.07 Å². The second-order valence-corrected chi connectivity index (χ2v) is 3.45. The zero-order chi connectivity index (χ0) is 12.0. The Labute approximate surface area is 93.8 Å². The number of nitrogens with two attached hydrogens (primary N) is 1. The third kappa shape index (κ3) is 3.61. The number of nitrogens with one attached hydrogen (secondary N) is 1. The predicted octanol–water partition coefficient (Wildman–Crippen LogP) is 1.75. The van der Waals surface area contributed by atoms with Crippen molar-refractivity contribution in [2.75, 3.05) is 0 Å². The monoisotopic (exact) mass is 224 g/mol.